The smallest absolute Gasteiger partial charge is 0.162 e. The Hall–Kier alpha value is -0.870. The maximum absolute atomic E-state index is 5.63. The van der Waals surface area contributed by atoms with Crippen molar-refractivity contribution in [1.29, 1.82) is 0 Å². The zero-order valence-corrected chi connectivity index (χ0v) is 7.53. The number of nitrogens with zero attached hydrogens (tertiary/aromatic N) is 1. The van der Waals surface area contributed by atoms with Crippen LogP contribution in [0.2, 0.25) is 0 Å². The summed E-state index contributed by atoms with van der Waals surface area (Å²) >= 11 is 0. The van der Waals surface area contributed by atoms with E-state index in [0.29, 0.717) is 12.7 Å². The van der Waals surface area contributed by atoms with Crippen LogP contribution in [0.3, 0.4) is 0 Å². The number of hydrogen-bond donors (Lipinski definition) is 1. The monoisotopic (exact) mass is 182 g/mol. The highest BCUT2D eigenvalue weighted by Crippen LogP contribution is 2.09. The van der Waals surface area contributed by atoms with Crippen molar-refractivity contribution >= 4 is 0 Å². The molecule has 0 bridgehead atoms. The molecule has 0 aliphatic carbocycles. The van der Waals surface area contributed by atoms with Gasteiger partial charge in [0.25, 0.3) is 0 Å². The number of nitrogens with one attached hydrogen (secondary N) is 1. The summed E-state index contributed by atoms with van der Waals surface area (Å²) in [6.07, 6.45) is 4.30. The highest BCUT2D eigenvalue weighted by Gasteiger charge is 2.13. The highest BCUT2D eigenvalue weighted by atomic mass is 16.5. The Balaban J connectivity index is 1.72. The first kappa shape index (κ1) is 8.72. The molecule has 1 aromatic rings. The Morgan fingerprint density at radius 1 is 1.69 bits per heavy atom. The van der Waals surface area contributed by atoms with Crippen LogP contribution >= 0.6 is 0 Å². The molecule has 0 saturated carbocycles. The fourth-order valence-corrected chi connectivity index (χ4v) is 1.48. The molecule has 1 aromatic heterocycles. The second-order valence-corrected chi connectivity index (χ2v) is 3.26. The lowest BCUT2D eigenvalue weighted by Crippen LogP contribution is -2.35. The molecule has 1 N–H and O–H groups in total. The van der Waals surface area contributed by atoms with Gasteiger partial charge >= 0.3 is 0 Å². The van der Waals surface area contributed by atoms with E-state index < -0.39 is 0 Å². The van der Waals surface area contributed by atoms with Crippen molar-refractivity contribution < 1.29 is 9.26 Å². The molecule has 1 saturated heterocycles. The van der Waals surface area contributed by atoms with Crippen molar-refractivity contribution in [2.75, 3.05) is 13.1 Å². The van der Waals surface area contributed by atoms with Crippen LogP contribution in [0, 0.1) is 0 Å². The quantitative estimate of drug-likeness (QED) is 0.755. The van der Waals surface area contributed by atoms with E-state index in [0.717, 1.165) is 25.3 Å². The van der Waals surface area contributed by atoms with E-state index in [1.165, 1.54) is 6.42 Å². The molecule has 1 atom stereocenters. The zero-order valence-electron chi connectivity index (χ0n) is 7.53. The van der Waals surface area contributed by atoms with Gasteiger partial charge in [-0.1, -0.05) is 5.16 Å². The summed E-state index contributed by atoms with van der Waals surface area (Å²) < 4.78 is 10.6. The van der Waals surface area contributed by atoms with Gasteiger partial charge in [0, 0.05) is 12.6 Å². The van der Waals surface area contributed by atoms with Gasteiger partial charge in [0.15, 0.2) is 5.76 Å². The summed E-state index contributed by atoms with van der Waals surface area (Å²) in [5.74, 6) is 0.797. The Morgan fingerprint density at radius 2 is 2.69 bits per heavy atom. The molecule has 1 aliphatic heterocycles. The van der Waals surface area contributed by atoms with Crippen LogP contribution in [-0.2, 0) is 11.3 Å². The van der Waals surface area contributed by atoms with Crippen molar-refractivity contribution in [3.8, 4) is 0 Å². The lowest BCUT2D eigenvalue weighted by atomic mass is 10.1. The topological polar surface area (TPSA) is 47.3 Å². The average molecular weight is 182 g/mol. The van der Waals surface area contributed by atoms with Crippen LogP contribution in [0.1, 0.15) is 18.6 Å². The first-order valence-electron chi connectivity index (χ1n) is 4.67. The predicted molar refractivity (Wildman–Crippen MR) is 47.2 cm³/mol. The largest absolute Gasteiger partial charge is 0.369 e. The van der Waals surface area contributed by atoms with Gasteiger partial charge in [0.05, 0.1) is 12.3 Å². The van der Waals surface area contributed by atoms with Crippen molar-refractivity contribution in [2.45, 2.75) is 25.6 Å². The van der Waals surface area contributed by atoms with Gasteiger partial charge in [-0.05, 0) is 19.4 Å². The van der Waals surface area contributed by atoms with Gasteiger partial charge in [-0.2, -0.15) is 0 Å². The molecule has 2 rings (SSSR count). The zero-order chi connectivity index (χ0) is 8.93. The molecule has 1 unspecified atom stereocenters. The number of rotatable bonds is 3. The number of hydrogen-bond acceptors (Lipinski definition) is 4. The van der Waals surface area contributed by atoms with Gasteiger partial charge in [0.1, 0.15) is 6.61 Å². The summed E-state index contributed by atoms with van der Waals surface area (Å²) in [4.78, 5) is 0. The standard InChI is InChI=1S/C9H14N2O2/c1-2-8(6-10-4-1)12-7-9-3-5-11-13-9/h3,5,8,10H,1-2,4,6-7H2. The van der Waals surface area contributed by atoms with Gasteiger partial charge < -0.3 is 14.6 Å². The lowest BCUT2D eigenvalue weighted by Gasteiger charge is -2.22. The Kier molecular flexibility index (Phi) is 2.94. The van der Waals surface area contributed by atoms with E-state index in [1.54, 1.807) is 6.20 Å². The minimum absolute atomic E-state index is 0.332. The average Bonchev–Trinajstić information content (AvgIpc) is 2.69. The van der Waals surface area contributed by atoms with Gasteiger partial charge in [0.2, 0.25) is 0 Å². The summed E-state index contributed by atoms with van der Waals surface area (Å²) in [6, 6.07) is 1.83. The van der Waals surface area contributed by atoms with E-state index in [4.69, 9.17) is 9.26 Å². The molecular formula is C9H14N2O2. The molecule has 0 amide bonds. The second kappa shape index (κ2) is 4.39. The van der Waals surface area contributed by atoms with Gasteiger partial charge in [-0.25, -0.2) is 0 Å². The van der Waals surface area contributed by atoms with Crippen molar-refractivity contribution in [2.24, 2.45) is 0 Å². The maximum Gasteiger partial charge on any atom is 0.162 e. The molecule has 13 heavy (non-hydrogen) atoms. The fourth-order valence-electron chi connectivity index (χ4n) is 1.48. The summed E-state index contributed by atoms with van der Waals surface area (Å²) in [7, 11) is 0. The number of aromatic nitrogens is 1. The third-order valence-electron chi connectivity index (χ3n) is 2.20. The summed E-state index contributed by atoms with van der Waals surface area (Å²) in [5.41, 5.74) is 0. The SMILES string of the molecule is c1cc(COC2CCCNC2)on1. The Bertz CT molecular complexity index is 230. The Labute approximate surface area is 77.2 Å². The minimum atomic E-state index is 0.332. The van der Waals surface area contributed by atoms with E-state index in [9.17, 15) is 0 Å². The molecule has 0 spiro atoms. The molecule has 0 aromatic carbocycles. The molecule has 1 aliphatic rings. The van der Waals surface area contributed by atoms with Crippen LogP contribution in [-0.4, -0.2) is 24.4 Å². The second-order valence-electron chi connectivity index (χ2n) is 3.26. The predicted octanol–water partition coefficient (Wildman–Crippen LogP) is 0.943. The Morgan fingerprint density at radius 3 is 3.38 bits per heavy atom. The van der Waals surface area contributed by atoms with Crippen LogP contribution in [0.15, 0.2) is 16.8 Å². The van der Waals surface area contributed by atoms with E-state index in [2.05, 4.69) is 10.5 Å². The first-order valence-corrected chi connectivity index (χ1v) is 4.67. The van der Waals surface area contributed by atoms with Crippen molar-refractivity contribution in [3.05, 3.63) is 18.0 Å². The number of piperidine rings is 1. The molecule has 72 valence electrons. The molecule has 2 heterocycles. The third-order valence-corrected chi connectivity index (χ3v) is 2.20. The van der Waals surface area contributed by atoms with Crippen LogP contribution in [0.4, 0.5) is 0 Å². The van der Waals surface area contributed by atoms with Gasteiger partial charge in [-0.15, -0.1) is 0 Å². The van der Waals surface area contributed by atoms with Crippen LogP contribution < -0.4 is 5.32 Å². The van der Waals surface area contributed by atoms with Crippen molar-refractivity contribution in [1.82, 2.24) is 10.5 Å². The minimum Gasteiger partial charge on any atom is -0.369 e. The lowest BCUT2D eigenvalue weighted by molar-refractivity contribution is 0.0146. The molecule has 4 heteroatoms. The molecule has 1 fully saturated rings. The van der Waals surface area contributed by atoms with E-state index >= 15 is 0 Å². The first-order chi connectivity index (χ1) is 6.45. The van der Waals surface area contributed by atoms with Crippen molar-refractivity contribution in [3.63, 3.8) is 0 Å². The van der Waals surface area contributed by atoms with E-state index in [1.807, 2.05) is 6.07 Å². The van der Waals surface area contributed by atoms with E-state index in [-0.39, 0.29) is 0 Å². The highest BCUT2D eigenvalue weighted by molar-refractivity contribution is 4.90. The fraction of sp³-hybridized carbons (Fsp3) is 0.667. The summed E-state index contributed by atoms with van der Waals surface area (Å²) in [5, 5.41) is 6.91. The number of ether oxygens (including phenoxy) is 1. The normalized spacial score (nSPS) is 23.2. The third kappa shape index (κ3) is 2.54. The molecule has 4 nitrogen and oxygen atoms in total. The summed E-state index contributed by atoms with van der Waals surface area (Å²) in [6.45, 7) is 2.60. The van der Waals surface area contributed by atoms with Gasteiger partial charge in [-0.3, -0.25) is 0 Å². The van der Waals surface area contributed by atoms with Crippen LogP contribution in [0.25, 0.3) is 0 Å². The molecule has 0 radical (unpaired) electrons. The van der Waals surface area contributed by atoms with Crippen LogP contribution in [0.5, 0.6) is 0 Å². The maximum atomic E-state index is 5.63. The molecular weight excluding hydrogens is 168 g/mol.